The molecule has 0 aliphatic heterocycles. The zero-order chi connectivity index (χ0) is 9.80. The molecule has 2 rings (SSSR count). The van der Waals surface area contributed by atoms with Gasteiger partial charge in [0.2, 0.25) is 5.88 Å². The molecule has 1 aromatic heterocycles. The molecule has 1 fully saturated rings. The highest BCUT2D eigenvalue weighted by Crippen LogP contribution is 2.22. The first kappa shape index (κ1) is 9.21. The summed E-state index contributed by atoms with van der Waals surface area (Å²) in [5, 5.41) is 0. The standard InChI is InChI=1S/C9H14N4O/c10-13-8-5-11-6-9(12-8)14-7-3-1-2-4-7/h5-7H,1-4,10H2,(H,12,13). The molecule has 0 aromatic carbocycles. The Kier molecular flexibility index (Phi) is 2.78. The number of hydrogen-bond acceptors (Lipinski definition) is 5. The normalized spacial score (nSPS) is 16.9. The third-order valence-corrected chi connectivity index (χ3v) is 2.35. The molecule has 1 aliphatic rings. The number of anilines is 1. The van der Waals surface area contributed by atoms with E-state index in [1.165, 1.54) is 12.8 Å². The van der Waals surface area contributed by atoms with E-state index in [0.29, 0.717) is 17.8 Å². The largest absolute Gasteiger partial charge is 0.473 e. The molecule has 0 amide bonds. The van der Waals surface area contributed by atoms with Gasteiger partial charge < -0.3 is 10.2 Å². The predicted molar refractivity (Wildman–Crippen MR) is 52.7 cm³/mol. The molecular formula is C9H14N4O. The third-order valence-electron chi connectivity index (χ3n) is 2.35. The second kappa shape index (κ2) is 4.23. The fourth-order valence-corrected chi connectivity index (χ4v) is 1.65. The average Bonchev–Trinajstić information content (AvgIpc) is 2.71. The summed E-state index contributed by atoms with van der Waals surface area (Å²) in [4.78, 5) is 8.10. The lowest BCUT2D eigenvalue weighted by atomic mass is 10.3. The highest BCUT2D eigenvalue weighted by Gasteiger charge is 2.17. The van der Waals surface area contributed by atoms with Crippen molar-refractivity contribution >= 4 is 5.82 Å². The van der Waals surface area contributed by atoms with Crippen LogP contribution in [0.1, 0.15) is 25.7 Å². The highest BCUT2D eigenvalue weighted by atomic mass is 16.5. The van der Waals surface area contributed by atoms with Crippen LogP contribution in [0.3, 0.4) is 0 Å². The number of ether oxygens (including phenoxy) is 1. The Morgan fingerprint density at radius 2 is 2.14 bits per heavy atom. The molecule has 0 bridgehead atoms. The smallest absolute Gasteiger partial charge is 0.234 e. The van der Waals surface area contributed by atoms with Crippen LogP contribution < -0.4 is 16.0 Å². The first-order valence-corrected chi connectivity index (χ1v) is 4.84. The van der Waals surface area contributed by atoms with E-state index in [1.807, 2.05) is 0 Å². The SMILES string of the molecule is NNc1cncc(OC2CCCC2)n1. The van der Waals surface area contributed by atoms with Crippen LogP contribution in [0.5, 0.6) is 5.88 Å². The van der Waals surface area contributed by atoms with Crippen LogP contribution in [0, 0.1) is 0 Å². The number of hydrazine groups is 1. The average molecular weight is 194 g/mol. The van der Waals surface area contributed by atoms with Crippen molar-refractivity contribution in [1.82, 2.24) is 9.97 Å². The third kappa shape index (κ3) is 2.11. The summed E-state index contributed by atoms with van der Waals surface area (Å²) in [6.45, 7) is 0. The van der Waals surface area contributed by atoms with Crippen molar-refractivity contribution in [3.05, 3.63) is 12.4 Å². The lowest BCUT2D eigenvalue weighted by molar-refractivity contribution is 0.201. The number of aromatic nitrogens is 2. The van der Waals surface area contributed by atoms with Gasteiger partial charge in [-0.1, -0.05) is 0 Å². The molecule has 0 spiro atoms. The lowest BCUT2D eigenvalue weighted by Crippen LogP contribution is -2.14. The summed E-state index contributed by atoms with van der Waals surface area (Å²) in [7, 11) is 0. The second-order valence-corrected chi connectivity index (χ2v) is 3.41. The van der Waals surface area contributed by atoms with Gasteiger partial charge in [0.1, 0.15) is 6.10 Å². The topological polar surface area (TPSA) is 73.1 Å². The van der Waals surface area contributed by atoms with Crippen LogP contribution >= 0.6 is 0 Å². The van der Waals surface area contributed by atoms with Crippen LogP contribution in [-0.4, -0.2) is 16.1 Å². The number of hydrogen-bond donors (Lipinski definition) is 2. The maximum absolute atomic E-state index is 5.65. The molecule has 1 saturated carbocycles. The molecule has 14 heavy (non-hydrogen) atoms. The fourth-order valence-electron chi connectivity index (χ4n) is 1.65. The van der Waals surface area contributed by atoms with Gasteiger partial charge in [0.25, 0.3) is 0 Å². The Balaban J connectivity index is 2.00. The zero-order valence-electron chi connectivity index (χ0n) is 7.94. The van der Waals surface area contributed by atoms with E-state index in [-0.39, 0.29) is 0 Å². The predicted octanol–water partition coefficient (Wildman–Crippen LogP) is 1.08. The van der Waals surface area contributed by atoms with Crippen LogP contribution in [0.25, 0.3) is 0 Å². The Bertz CT molecular complexity index is 299. The molecule has 3 N–H and O–H groups in total. The van der Waals surface area contributed by atoms with Crippen molar-refractivity contribution in [2.75, 3.05) is 5.43 Å². The molecule has 1 aliphatic carbocycles. The van der Waals surface area contributed by atoms with E-state index in [9.17, 15) is 0 Å². The van der Waals surface area contributed by atoms with Crippen LogP contribution in [0.4, 0.5) is 5.82 Å². The summed E-state index contributed by atoms with van der Waals surface area (Å²) in [5.74, 6) is 6.30. The van der Waals surface area contributed by atoms with E-state index >= 15 is 0 Å². The first-order valence-electron chi connectivity index (χ1n) is 4.84. The summed E-state index contributed by atoms with van der Waals surface area (Å²) in [6, 6.07) is 0. The maximum Gasteiger partial charge on any atom is 0.234 e. The minimum atomic E-state index is 0.303. The highest BCUT2D eigenvalue weighted by molar-refractivity contribution is 5.31. The summed E-state index contributed by atoms with van der Waals surface area (Å²) >= 11 is 0. The van der Waals surface area contributed by atoms with Crippen LogP contribution in [0.2, 0.25) is 0 Å². The summed E-state index contributed by atoms with van der Waals surface area (Å²) in [6.07, 6.45) is 8.18. The maximum atomic E-state index is 5.65. The van der Waals surface area contributed by atoms with E-state index in [1.54, 1.807) is 12.4 Å². The van der Waals surface area contributed by atoms with Gasteiger partial charge in [-0.05, 0) is 25.7 Å². The number of nitrogens with two attached hydrogens (primary N) is 1. The molecule has 0 atom stereocenters. The quantitative estimate of drug-likeness (QED) is 0.556. The van der Waals surface area contributed by atoms with Gasteiger partial charge in [-0.25, -0.2) is 5.84 Å². The minimum absolute atomic E-state index is 0.303. The molecule has 76 valence electrons. The number of nitrogens with zero attached hydrogens (tertiary/aromatic N) is 2. The van der Waals surface area contributed by atoms with E-state index in [4.69, 9.17) is 10.6 Å². The van der Waals surface area contributed by atoms with Crippen molar-refractivity contribution in [2.24, 2.45) is 5.84 Å². The van der Waals surface area contributed by atoms with Crippen molar-refractivity contribution in [3.63, 3.8) is 0 Å². The molecule has 0 unspecified atom stereocenters. The van der Waals surface area contributed by atoms with Gasteiger partial charge in [0.05, 0.1) is 12.4 Å². The van der Waals surface area contributed by atoms with Gasteiger partial charge in [-0.15, -0.1) is 0 Å². The van der Waals surface area contributed by atoms with Crippen LogP contribution in [0.15, 0.2) is 12.4 Å². The Hall–Kier alpha value is -1.36. The van der Waals surface area contributed by atoms with Crippen LogP contribution in [-0.2, 0) is 0 Å². The van der Waals surface area contributed by atoms with Crippen molar-refractivity contribution in [1.29, 1.82) is 0 Å². The molecule has 0 saturated heterocycles. The van der Waals surface area contributed by atoms with Gasteiger partial charge in [0, 0.05) is 0 Å². The van der Waals surface area contributed by atoms with Gasteiger partial charge in [0.15, 0.2) is 5.82 Å². The van der Waals surface area contributed by atoms with Gasteiger partial charge >= 0.3 is 0 Å². The fraction of sp³-hybridized carbons (Fsp3) is 0.556. The van der Waals surface area contributed by atoms with E-state index < -0.39 is 0 Å². The monoisotopic (exact) mass is 194 g/mol. The zero-order valence-corrected chi connectivity index (χ0v) is 7.94. The number of nitrogens with one attached hydrogen (secondary N) is 1. The molecule has 0 radical (unpaired) electrons. The Morgan fingerprint density at radius 3 is 2.86 bits per heavy atom. The lowest BCUT2D eigenvalue weighted by Gasteiger charge is -2.11. The Morgan fingerprint density at radius 1 is 1.36 bits per heavy atom. The number of rotatable bonds is 3. The van der Waals surface area contributed by atoms with Crippen molar-refractivity contribution in [2.45, 2.75) is 31.8 Å². The Labute approximate surface area is 82.7 Å². The van der Waals surface area contributed by atoms with Crippen molar-refractivity contribution in [3.8, 4) is 5.88 Å². The van der Waals surface area contributed by atoms with Crippen molar-refractivity contribution < 1.29 is 4.74 Å². The molecular weight excluding hydrogens is 180 g/mol. The summed E-state index contributed by atoms with van der Waals surface area (Å²) < 4.78 is 5.65. The van der Waals surface area contributed by atoms with E-state index in [2.05, 4.69) is 15.4 Å². The molecule has 1 heterocycles. The van der Waals surface area contributed by atoms with E-state index in [0.717, 1.165) is 12.8 Å². The summed E-state index contributed by atoms with van der Waals surface area (Å²) in [5.41, 5.74) is 2.44. The molecule has 1 aromatic rings. The number of nitrogen functional groups attached to an aromatic ring is 1. The minimum Gasteiger partial charge on any atom is -0.473 e. The second-order valence-electron chi connectivity index (χ2n) is 3.41. The molecule has 5 nitrogen and oxygen atoms in total. The van der Waals surface area contributed by atoms with Gasteiger partial charge in [-0.2, -0.15) is 4.98 Å². The molecule has 5 heteroatoms. The first-order chi connectivity index (χ1) is 6.88. The van der Waals surface area contributed by atoms with Gasteiger partial charge in [-0.3, -0.25) is 4.98 Å².